The van der Waals surface area contributed by atoms with Crippen LogP contribution in [-0.2, 0) is 11.3 Å². The average Bonchev–Trinajstić information content (AvgIpc) is 2.99. The van der Waals surface area contributed by atoms with Gasteiger partial charge in [0.05, 0.1) is 10.7 Å². The van der Waals surface area contributed by atoms with Crippen molar-refractivity contribution in [3.63, 3.8) is 0 Å². The van der Waals surface area contributed by atoms with E-state index in [9.17, 15) is 4.79 Å². The summed E-state index contributed by atoms with van der Waals surface area (Å²) in [5.41, 5.74) is 1.16. The quantitative estimate of drug-likeness (QED) is 0.817. The Hall–Kier alpha value is -0.980. The molecule has 5 nitrogen and oxygen atoms in total. The zero-order valence-electron chi connectivity index (χ0n) is 15.0. The minimum Gasteiger partial charge on any atom is -0.340 e. The van der Waals surface area contributed by atoms with Gasteiger partial charge in [-0.05, 0) is 39.8 Å². The molecule has 0 aliphatic carbocycles. The summed E-state index contributed by atoms with van der Waals surface area (Å²) in [6, 6.07) is 0.608. The van der Waals surface area contributed by atoms with Crippen LogP contribution in [0.15, 0.2) is 5.38 Å². The minimum absolute atomic E-state index is 0.345. The molecule has 2 saturated heterocycles. The Bertz CT molecular complexity index is 539. The maximum absolute atomic E-state index is 12.5. The molecule has 1 aromatic heterocycles. The number of piperazine rings is 1. The normalized spacial score (nSPS) is 23.6. The predicted molar refractivity (Wildman–Crippen MR) is 98.2 cm³/mol. The minimum atomic E-state index is 0.345. The number of aryl methyl sites for hydroxylation is 1. The molecule has 3 heterocycles. The van der Waals surface area contributed by atoms with Gasteiger partial charge in [0.1, 0.15) is 0 Å². The van der Waals surface area contributed by atoms with Crippen LogP contribution < -0.4 is 0 Å². The second kappa shape index (κ2) is 8.41. The third-order valence-corrected chi connectivity index (χ3v) is 6.21. The van der Waals surface area contributed by atoms with Gasteiger partial charge in [-0.1, -0.05) is 6.42 Å². The van der Waals surface area contributed by atoms with Crippen LogP contribution in [0.5, 0.6) is 0 Å². The smallest absolute Gasteiger partial charge is 0.222 e. The van der Waals surface area contributed by atoms with Crippen molar-refractivity contribution in [2.45, 2.75) is 51.6 Å². The summed E-state index contributed by atoms with van der Waals surface area (Å²) < 4.78 is 0. The lowest BCUT2D eigenvalue weighted by atomic mass is 9.98. The van der Waals surface area contributed by atoms with E-state index in [1.54, 1.807) is 11.3 Å². The highest BCUT2D eigenvalue weighted by Crippen LogP contribution is 2.20. The molecule has 24 heavy (non-hydrogen) atoms. The van der Waals surface area contributed by atoms with Gasteiger partial charge in [-0.25, -0.2) is 4.98 Å². The number of carbonyl (C=O) groups excluding carboxylic acids is 1. The summed E-state index contributed by atoms with van der Waals surface area (Å²) in [5.74, 6) is 0.345. The summed E-state index contributed by atoms with van der Waals surface area (Å²) >= 11 is 1.71. The van der Waals surface area contributed by atoms with Gasteiger partial charge in [0.15, 0.2) is 0 Å². The molecule has 0 unspecified atom stereocenters. The van der Waals surface area contributed by atoms with Crippen LogP contribution in [0, 0.1) is 6.92 Å². The van der Waals surface area contributed by atoms with Crippen molar-refractivity contribution in [2.75, 3.05) is 39.8 Å². The number of likely N-dealkylation sites (tertiary alicyclic amines) is 1. The molecule has 1 amide bonds. The maximum Gasteiger partial charge on any atom is 0.222 e. The molecule has 1 atom stereocenters. The lowest BCUT2D eigenvalue weighted by molar-refractivity contribution is -0.133. The Labute approximate surface area is 149 Å². The number of piperidine rings is 1. The molecular weight excluding hydrogens is 320 g/mol. The monoisotopic (exact) mass is 350 g/mol. The highest BCUT2D eigenvalue weighted by atomic mass is 32.1. The first-order valence-corrected chi connectivity index (χ1v) is 10.1. The zero-order valence-corrected chi connectivity index (χ0v) is 15.9. The fraction of sp³-hybridized carbons (Fsp3) is 0.778. The Morgan fingerprint density at radius 1 is 1.25 bits per heavy atom. The molecule has 0 radical (unpaired) electrons. The van der Waals surface area contributed by atoms with Crippen molar-refractivity contribution in [3.05, 3.63) is 16.1 Å². The molecule has 0 saturated carbocycles. The maximum atomic E-state index is 12.5. The van der Waals surface area contributed by atoms with E-state index in [0.29, 0.717) is 18.4 Å². The van der Waals surface area contributed by atoms with Crippen LogP contribution in [0.1, 0.15) is 42.8 Å². The number of carbonyl (C=O) groups is 1. The molecule has 134 valence electrons. The largest absolute Gasteiger partial charge is 0.340 e. The molecule has 0 bridgehead atoms. The van der Waals surface area contributed by atoms with E-state index >= 15 is 0 Å². The molecule has 6 heteroatoms. The molecule has 3 rings (SSSR count). The number of nitrogens with zero attached hydrogens (tertiary/aromatic N) is 4. The number of hydrogen-bond acceptors (Lipinski definition) is 5. The molecular formula is C18H30N4OS. The lowest BCUT2D eigenvalue weighted by Gasteiger charge is -2.36. The third kappa shape index (κ3) is 4.77. The molecule has 2 aliphatic heterocycles. The van der Waals surface area contributed by atoms with Gasteiger partial charge in [0.25, 0.3) is 0 Å². The number of thiazole rings is 1. The summed E-state index contributed by atoms with van der Waals surface area (Å²) in [6.07, 6.45) is 5.61. The molecule has 0 N–H and O–H groups in total. The van der Waals surface area contributed by atoms with Crippen LogP contribution in [0.4, 0.5) is 0 Å². The Kier molecular flexibility index (Phi) is 6.25. The number of hydrogen-bond donors (Lipinski definition) is 0. The number of aromatic nitrogens is 1. The van der Waals surface area contributed by atoms with Gasteiger partial charge in [0, 0.05) is 50.6 Å². The molecule has 2 fully saturated rings. The van der Waals surface area contributed by atoms with Gasteiger partial charge < -0.3 is 9.80 Å². The van der Waals surface area contributed by atoms with Crippen LogP contribution in [0.3, 0.4) is 0 Å². The third-order valence-electron chi connectivity index (χ3n) is 5.39. The molecule has 1 aromatic rings. The first-order chi connectivity index (χ1) is 11.6. The van der Waals surface area contributed by atoms with Crippen LogP contribution in [-0.4, -0.2) is 71.4 Å². The van der Waals surface area contributed by atoms with Gasteiger partial charge >= 0.3 is 0 Å². The van der Waals surface area contributed by atoms with Crippen molar-refractivity contribution in [1.82, 2.24) is 19.7 Å². The topological polar surface area (TPSA) is 39.7 Å². The Morgan fingerprint density at radius 2 is 2.04 bits per heavy atom. The van der Waals surface area contributed by atoms with Crippen LogP contribution in [0.2, 0.25) is 0 Å². The van der Waals surface area contributed by atoms with E-state index in [-0.39, 0.29) is 0 Å². The Balaban J connectivity index is 1.38. The fourth-order valence-corrected chi connectivity index (χ4v) is 4.43. The van der Waals surface area contributed by atoms with Gasteiger partial charge in [-0.3, -0.25) is 9.69 Å². The molecule has 2 aliphatic rings. The van der Waals surface area contributed by atoms with E-state index in [1.165, 1.54) is 25.8 Å². The van der Waals surface area contributed by atoms with Gasteiger partial charge in [-0.2, -0.15) is 0 Å². The number of rotatable bonds is 5. The van der Waals surface area contributed by atoms with Gasteiger partial charge in [-0.15, -0.1) is 11.3 Å². The second-order valence-electron chi connectivity index (χ2n) is 7.18. The van der Waals surface area contributed by atoms with E-state index in [0.717, 1.165) is 49.8 Å². The highest BCUT2D eigenvalue weighted by Gasteiger charge is 2.24. The standard InChI is InChI=1S/C18H30N4OS/c1-15-19-16(14-24-15)13-21-9-11-22(12-10-21)18(23)7-6-17-5-3-4-8-20(17)2/h14,17H,3-13H2,1-2H3/t17-/m1/s1. The number of amides is 1. The van der Waals surface area contributed by atoms with Gasteiger partial charge in [0.2, 0.25) is 5.91 Å². The lowest BCUT2D eigenvalue weighted by Crippen LogP contribution is -2.48. The molecule has 0 spiro atoms. The summed E-state index contributed by atoms with van der Waals surface area (Å²) in [6.45, 7) is 7.81. The van der Waals surface area contributed by atoms with Crippen LogP contribution in [0.25, 0.3) is 0 Å². The highest BCUT2D eigenvalue weighted by molar-refractivity contribution is 7.09. The SMILES string of the molecule is Cc1nc(CN2CCN(C(=O)CC[C@H]3CCCCN3C)CC2)cs1. The predicted octanol–water partition coefficient (Wildman–Crippen LogP) is 2.36. The van der Waals surface area contributed by atoms with Crippen molar-refractivity contribution < 1.29 is 4.79 Å². The van der Waals surface area contributed by atoms with Crippen molar-refractivity contribution in [3.8, 4) is 0 Å². The second-order valence-corrected chi connectivity index (χ2v) is 8.25. The zero-order chi connectivity index (χ0) is 16.9. The van der Waals surface area contributed by atoms with E-state index in [1.807, 2.05) is 0 Å². The average molecular weight is 351 g/mol. The Morgan fingerprint density at radius 3 is 2.71 bits per heavy atom. The fourth-order valence-electron chi connectivity index (χ4n) is 3.82. The summed E-state index contributed by atoms with van der Waals surface area (Å²) in [5, 5.41) is 3.28. The van der Waals surface area contributed by atoms with Crippen molar-refractivity contribution >= 4 is 17.2 Å². The first-order valence-electron chi connectivity index (χ1n) is 9.23. The van der Waals surface area contributed by atoms with E-state index in [2.05, 4.69) is 39.0 Å². The van der Waals surface area contributed by atoms with E-state index < -0.39 is 0 Å². The van der Waals surface area contributed by atoms with Crippen LogP contribution >= 0.6 is 11.3 Å². The van der Waals surface area contributed by atoms with Crippen molar-refractivity contribution in [2.24, 2.45) is 0 Å². The first kappa shape index (κ1) is 17.8. The molecule has 0 aromatic carbocycles. The summed E-state index contributed by atoms with van der Waals surface area (Å²) in [4.78, 5) is 23.9. The van der Waals surface area contributed by atoms with E-state index in [4.69, 9.17) is 0 Å². The van der Waals surface area contributed by atoms with Crippen molar-refractivity contribution in [1.29, 1.82) is 0 Å². The summed E-state index contributed by atoms with van der Waals surface area (Å²) in [7, 11) is 2.20.